The van der Waals surface area contributed by atoms with Crippen molar-refractivity contribution < 1.29 is 4.79 Å². The van der Waals surface area contributed by atoms with Crippen molar-refractivity contribution in [3.63, 3.8) is 0 Å². The summed E-state index contributed by atoms with van der Waals surface area (Å²) in [5.41, 5.74) is 2.36. The van der Waals surface area contributed by atoms with E-state index in [0.717, 1.165) is 11.3 Å². The lowest BCUT2D eigenvalue weighted by Gasteiger charge is -2.11. The molecule has 0 saturated carbocycles. The van der Waals surface area contributed by atoms with Crippen LogP contribution in [-0.2, 0) is 4.79 Å². The van der Waals surface area contributed by atoms with Crippen molar-refractivity contribution >= 4 is 23.9 Å². The summed E-state index contributed by atoms with van der Waals surface area (Å²) in [6.45, 7) is 0. The lowest BCUT2D eigenvalue weighted by atomic mass is 10.1. The van der Waals surface area contributed by atoms with Gasteiger partial charge in [0, 0.05) is 0 Å². The highest BCUT2D eigenvalue weighted by Gasteiger charge is 2.23. The Morgan fingerprint density at radius 1 is 0.895 bits per heavy atom. The molecule has 1 amide bonds. The molecule has 0 atom stereocenters. The number of carbonyl (C=O) groups excluding carboxylic acids is 1. The van der Waals surface area contributed by atoms with Crippen molar-refractivity contribution in [2.45, 2.75) is 0 Å². The van der Waals surface area contributed by atoms with Crippen molar-refractivity contribution in [1.29, 1.82) is 0 Å². The predicted molar refractivity (Wildman–Crippen MR) is 76.8 cm³/mol. The molecule has 3 nitrogen and oxygen atoms in total. The maximum atomic E-state index is 12.2. The maximum absolute atomic E-state index is 12.2. The van der Waals surface area contributed by atoms with Crippen molar-refractivity contribution in [2.75, 3.05) is 5.01 Å². The molecule has 0 unspecified atom stereocenters. The highest BCUT2D eigenvalue weighted by atomic mass is 16.2. The van der Waals surface area contributed by atoms with Crippen molar-refractivity contribution in [3.8, 4) is 0 Å². The molecule has 3 rings (SSSR count). The van der Waals surface area contributed by atoms with Crippen LogP contribution in [-0.4, -0.2) is 12.1 Å². The SMILES string of the molecule is O=C1/C(=C/c2ccccc2)C=NN1c1ccccc1. The predicted octanol–water partition coefficient (Wildman–Crippen LogP) is 3.10. The van der Waals surface area contributed by atoms with E-state index in [2.05, 4.69) is 5.10 Å². The van der Waals surface area contributed by atoms with E-state index in [1.807, 2.05) is 66.7 Å². The van der Waals surface area contributed by atoms with Gasteiger partial charge in [-0.25, -0.2) is 0 Å². The van der Waals surface area contributed by atoms with E-state index in [4.69, 9.17) is 0 Å². The highest BCUT2D eigenvalue weighted by molar-refractivity contribution is 6.25. The van der Waals surface area contributed by atoms with Crippen molar-refractivity contribution in [2.24, 2.45) is 5.10 Å². The second-order valence-electron chi connectivity index (χ2n) is 4.21. The number of hydrazone groups is 1. The number of para-hydroxylation sites is 1. The van der Waals surface area contributed by atoms with Gasteiger partial charge in [0.15, 0.2) is 0 Å². The van der Waals surface area contributed by atoms with Crippen molar-refractivity contribution in [3.05, 3.63) is 71.8 Å². The molecule has 1 heterocycles. The number of carbonyl (C=O) groups is 1. The second-order valence-corrected chi connectivity index (χ2v) is 4.21. The fraction of sp³-hybridized carbons (Fsp3) is 0. The van der Waals surface area contributed by atoms with Gasteiger partial charge in [-0.15, -0.1) is 0 Å². The molecule has 0 radical (unpaired) electrons. The van der Waals surface area contributed by atoms with E-state index in [0.29, 0.717) is 5.57 Å². The fourth-order valence-electron chi connectivity index (χ4n) is 1.93. The van der Waals surface area contributed by atoms with Gasteiger partial charge in [0.1, 0.15) is 0 Å². The second kappa shape index (κ2) is 4.90. The van der Waals surface area contributed by atoms with Gasteiger partial charge in [-0.1, -0.05) is 48.5 Å². The minimum atomic E-state index is -0.102. The van der Waals surface area contributed by atoms with Crippen LogP contribution in [0.15, 0.2) is 71.3 Å². The third-order valence-corrected chi connectivity index (χ3v) is 2.87. The van der Waals surface area contributed by atoms with Crippen molar-refractivity contribution in [1.82, 2.24) is 0 Å². The van der Waals surface area contributed by atoms with Gasteiger partial charge in [0.25, 0.3) is 5.91 Å². The lowest BCUT2D eigenvalue weighted by Crippen LogP contribution is -2.20. The Labute approximate surface area is 111 Å². The first-order chi connectivity index (χ1) is 9.34. The van der Waals surface area contributed by atoms with Crippen LogP contribution in [0.1, 0.15) is 5.56 Å². The third-order valence-electron chi connectivity index (χ3n) is 2.87. The zero-order chi connectivity index (χ0) is 13.1. The Kier molecular flexibility index (Phi) is 2.94. The number of amides is 1. The van der Waals surface area contributed by atoms with Crippen LogP contribution in [0.2, 0.25) is 0 Å². The molecule has 2 aromatic carbocycles. The van der Waals surface area contributed by atoms with E-state index in [9.17, 15) is 4.79 Å². The number of anilines is 1. The number of hydrogen-bond acceptors (Lipinski definition) is 2. The molecule has 92 valence electrons. The van der Waals surface area contributed by atoms with Gasteiger partial charge in [-0.2, -0.15) is 10.1 Å². The first-order valence-electron chi connectivity index (χ1n) is 6.05. The zero-order valence-electron chi connectivity index (χ0n) is 10.2. The molecular formula is C16H12N2O. The Morgan fingerprint density at radius 2 is 1.53 bits per heavy atom. The van der Waals surface area contributed by atoms with Crippen LogP contribution >= 0.6 is 0 Å². The summed E-state index contributed by atoms with van der Waals surface area (Å²) in [5, 5.41) is 5.57. The van der Waals surface area contributed by atoms with Crippen LogP contribution in [0.3, 0.4) is 0 Å². The minimum absolute atomic E-state index is 0.102. The lowest BCUT2D eigenvalue weighted by molar-refractivity contribution is -0.114. The molecule has 0 spiro atoms. The molecule has 3 heteroatoms. The van der Waals surface area contributed by atoms with Crippen LogP contribution in [0.25, 0.3) is 6.08 Å². The first-order valence-corrected chi connectivity index (χ1v) is 6.05. The molecule has 19 heavy (non-hydrogen) atoms. The summed E-state index contributed by atoms with van der Waals surface area (Å²) in [4.78, 5) is 12.2. The van der Waals surface area contributed by atoms with Crippen LogP contribution in [0.5, 0.6) is 0 Å². The number of benzene rings is 2. The van der Waals surface area contributed by atoms with Gasteiger partial charge in [0.2, 0.25) is 0 Å². The minimum Gasteiger partial charge on any atom is -0.267 e. The summed E-state index contributed by atoms with van der Waals surface area (Å²) in [7, 11) is 0. The molecule has 0 aliphatic carbocycles. The topological polar surface area (TPSA) is 32.7 Å². The monoisotopic (exact) mass is 248 g/mol. The summed E-state index contributed by atoms with van der Waals surface area (Å²) in [6.07, 6.45) is 3.44. The van der Waals surface area contributed by atoms with Gasteiger partial charge in [0.05, 0.1) is 17.5 Å². The van der Waals surface area contributed by atoms with Crippen LogP contribution in [0.4, 0.5) is 5.69 Å². The summed E-state index contributed by atoms with van der Waals surface area (Å²) in [6, 6.07) is 19.2. The van der Waals surface area contributed by atoms with Gasteiger partial charge < -0.3 is 0 Å². The van der Waals surface area contributed by atoms with Crippen LogP contribution < -0.4 is 5.01 Å². The number of hydrogen-bond donors (Lipinski definition) is 0. The smallest absolute Gasteiger partial charge is 0.267 e. The fourth-order valence-corrected chi connectivity index (χ4v) is 1.93. The largest absolute Gasteiger partial charge is 0.280 e. The molecule has 0 bridgehead atoms. The third kappa shape index (κ3) is 2.31. The van der Waals surface area contributed by atoms with Gasteiger partial charge in [-0.3, -0.25) is 4.79 Å². The molecule has 0 N–H and O–H groups in total. The van der Waals surface area contributed by atoms with Crippen LogP contribution in [0, 0.1) is 0 Å². The van der Waals surface area contributed by atoms with Gasteiger partial charge in [-0.05, 0) is 23.8 Å². The summed E-state index contributed by atoms with van der Waals surface area (Å²) < 4.78 is 0. The zero-order valence-corrected chi connectivity index (χ0v) is 10.2. The number of nitrogens with zero attached hydrogens (tertiary/aromatic N) is 2. The molecule has 1 aliphatic rings. The quantitative estimate of drug-likeness (QED) is 0.752. The highest BCUT2D eigenvalue weighted by Crippen LogP contribution is 2.21. The molecular weight excluding hydrogens is 236 g/mol. The van der Waals surface area contributed by atoms with E-state index >= 15 is 0 Å². The molecule has 0 saturated heterocycles. The molecule has 1 aliphatic heterocycles. The standard InChI is InChI=1S/C16H12N2O/c19-16-14(11-13-7-3-1-4-8-13)12-17-18(16)15-9-5-2-6-10-15/h1-12H/b14-11+. The van der Waals surface area contributed by atoms with E-state index in [-0.39, 0.29) is 5.91 Å². The molecule has 2 aromatic rings. The first kappa shape index (κ1) is 11.4. The normalized spacial score (nSPS) is 16.3. The average molecular weight is 248 g/mol. The van der Waals surface area contributed by atoms with Gasteiger partial charge >= 0.3 is 0 Å². The molecule has 0 fully saturated rings. The molecule has 0 aromatic heterocycles. The maximum Gasteiger partial charge on any atom is 0.280 e. The Hall–Kier alpha value is -2.68. The van der Waals surface area contributed by atoms with E-state index in [1.165, 1.54) is 5.01 Å². The van der Waals surface area contributed by atoms with E-state index in [1.54, 1.807) is 6.21 Å². The average Bonchev–Trinajstić information content (AvgIpc) is 2.82. The summed E-state index contributed by atoms with van der Waals surface area (Å²) in [5.74, 6) is -0.102. The number of rotatable bonds is 2. The Bertz CT molecular complexity index is 645. The Morgan fingerprint density at radius 3 is 2.21 bits per heavy atom. The summed E-state index contributed by atoms with van der Waals surface area (Å²) >= 11 is 0. The van der Waals surface area contributed by atoms with E-state index < -0.39 is 0 Å². The Balaban J connectivity index is 1.88.